The monoisotopic (exact) mass is 295 g/mol. The summed E-state index contributed by atoms with van der Waals surface area (Å²) in [7, 11) is 0. The first-order chi connectivity index (χ1) is 5.91. The van der Waals surface area contributed by atoms with Gasteiger partial charge in [-0.1, -0.05) is 29.2 Å². The van der Waals surface area contributed by atoms with Gasteiger partial charge in [-0.2, -0.15) is 0 Å². The Balaban J connectivity index is 3.07. The van der Waals surface area contributed by atoms with Crippen molar-refractivity contribution < 1.29 is 0 Å². The Labute approximate surface area is 92.5 Å². The molecule has 68 valence electrons. The maximum absolute atomic E-state index is 3.49. The van der Waals surface area contributed by atoms with E-state index in [0.29, 0.717) is 0 Å². The van der Waals surface area contributed by atoms with Crippen molar-refractivity contribution in [1.82, 2.24) is 5.32 Å². The van der Waals surface area contributed by atoms with E-state index in [1.807, 2.05) is 24.0 Å². The zero-order valence-corrected chi connectivity index (χ0v) is 10.0. The van der Waals surface area contributed by atoms with Gasteiger partial charge in [-0.3, -0.25) is 0 Å². The topological polar surface area (TPSA) is 12.0 Å². The van der Waals surface area contributed by atoms with E-state index in [2.05, 4.69) is 45.6 Å². The van der Waals surface area contributed by atoms with E-state index < -0.39 is 0 Å². The fraction of sp³-hybridized carbons (Fsp3) is 0.444. The van der Waals surface area contributed by atoms with Gasteiger partial charge in [0.15, 0.2) is 0 Å². The molecule has 0 heterocycles. The first-order valence-corrected chi connectivity index (χ1v) is 6.39. The van der Waals surface area contributed by atoms with Crippen LogP contribution in [-0.2, 0) is 0 Å². The van der Waals surface area contributed by atoms with Gasteiger partial charge < -0.3 is 5.32 Å². The molecule has 0 aromatic rings. The summed E-state index contributed by atoms with van der Waals surface area (Å²) in [5, 5.41) is 5.27. The lowest BCUT2D eigenvalue weighted by Crippen LogP contribution is -2.04. The van der Waals surface area contributed by atoms with Crippen molar-refractivity contribution >= 4 is 34.4 Å². The molecular formula is C9H14INS. The molecule has 0 aliphatic heterocycles. The van der Waals surface area contributed by atoms with Crippen molar-refractivity contribution in [3.8, 4) is 0 Å². The lowest BCUT2D eigenvalue weighted by atomic mass is 10.4. The molecule has 0 aromatic carbocycles. The van der Waals surface area contributed by atoms with E-state index in [4.69, 9.17) is 0 Å². The van der Waals surface area contributed by atoms with Crippen LogP contribution in [-0.4, -0.2) is 16.7 Å². The summed E-state index contributed by atoms with van der Waals surface area (Å²) in [5.41, 5.74) is 2.73. The molecule has 0 amide bonds. The summed E-state index contributed by atoms with van der Waals surface area (Å²) in [5.74, 6) is 1.19. The van der Waals surface area contributed by atoms with Crippen molar-refractivity contribution in [3.63, 3.8) is 0 Å². The van der Waals surface area contributed by atoms with E-state index in [1.54, 1.807) is 0 Å². The van der Waals surface area contributed by atoms with Crippen LogP contribution in [0.2, 0.25) is 0 Å². The zero-order chi connectivity index (χ0) is 9.07. The molecule has 0 fully saturated rings. The molecule has 1 nitrogen and oxygen atoms in total. The maximum atomic E-state index is 3.49. The van der Waals surface area contributed by atoms with Gasteiger partial charge in [0.05, 0.1) is 0 Å². The highest BCUT2D eigenvalue weighted by Gasteiger charge is 1.78. The number of nitrogens with one attached hydrogen (secondary N) is 1. The average Bonchev–Trinajstić information content (AvgIpc) is 2.10. The predicted octanol–water partition coefficient (Wildman–Crippen LogP) is 2.95. The maximum Gasteiger partial charge on any atom is 0.0182 e. The third kappa shape index (κ3) is 10.1. The second-order valence-electron chi connectivity index (χ2n) is 2.01. The fourth-order valence-corrected chi connectivity index (χ4v) is 1.73. The molecule has 0 saturated carbocycles. The van der Waals surface area contributed by atoms with E-state index in [0.717, 1.165) is 13.0 Å². The van der Waals surface area contributed by atoms with E-state index in [-0.39, 0.29) is 0 Å². The Bertz CT molecular complexity index is 162. The molecule has 0 saturated heterocycles. The van der Waals surface area contributed by atoms with Gasteiger partial charge in [0, 0.05) is 22.9 Å². The highest BCUT2D eigenvalue weighted by molar-refractivity contribution is 14.1. The standard InChI is InChI=1S/C9H14INS/c1-2-3-4-6-11-7-9-12-8-5-10/h3,7,9,11H,1,4-6,8H2/b9-7+. The first kappa shape index (κ1) is 12.1. The van der Waals surface area contributed by atoms with Crippen molar-refractivity contribution in [2.24, 2.45) is 0 Å². The Kier molecular flexibility index (Phi) is 11.3. The zero-order valence-electron chi connectivity index (χ0n) is 7.05. The summed E-state index contributed by atoms with van der Waals surface area (Å²) in [6, 6.07) is 0. The van der Waals surface area contributed by atoms with E-state index >= 15 is 0 Å². The number of hydrogen-bond donors (Lipinski definition) is 1. The summed E-state index contributed by atoms with van der Waals surface area (Å²) in [4.78, 5) is 0. The number of thioether (sulfide) groups is 1. The second kappa shape index (κ2) is 11.1. The molecule has 0 aromatic heterocycles. The summed E-state index contributed by atoms with van der Waals surface area (Å²) in [6.45, 7) is 4.45. The second-order valence-corrected chi connectivity index (χ2v) is 4.11. The molecule has 0 rings (SSSR count). The number of alkyl halides is 1. The van der Waals surface area contributed by atoms with Crippen LogP contribution in [0.4, 0.5) is 0 Å². The number of halogens is 1. The molecule has 0 unspecified atom stereocenters. The van der Waals surface area contributed by atoms with Crippen molar-refractivity contribution in [2.45, 2.75) is 6.42 Å². The van der Waals surface area contributed by atoms with Gasteiger partial charge in [0.2, 0.25) is 0 Å². The number of rotatable bonds is 7. The Morgan fingerprint density at radius 1 is 1.58 bits per heavy atom. The normalized spacial score (nSPS) is 9.75. The van der Waals surface area contributed by atoms with E-state index in [1.165, 1.54) is 10.2 Å². The molecule has 0 atom stereocenters. The summed E-state index contributed by atoms with van der Waals surface area (Å²) < 4.78 is 1.20. The Morgan fingerprint density at radius 2 is 2.42 bits per heavy atom. The van der Waals surface area contributed by atoms with Gasteiger partial charge in [0.25, 0.3) is 0 Å². The van der Waals surface area contributed by atoms with Gasteiger partial charge >= 0.3 is 0 Å². The highest BCUT2D eigenvalue weighted by atomic mass is 127. The van der Waals surface area contributed by atoms with Crippen LogP contribution in [0.5, 0.6) is 0 Å². The highest BCUT2D eigenvalue weighted by Crippen LogP contribution is 2.01. The van der Waals surface area contributed by atoms with Crippen LogP contribution < -0.4 is 5.32 Å². The summed E-state index contributed by atoms with van der Waals surface area (Å²) >= 11 is 4.20. The van der Waals surface area contributed by atoms with Gasteiger partial charge in [-0.15, -0.1) is 17.5 Å². The third-order valence-electron chi connectivity index (χ3n) is 1.05. The largest absolute Gasteiger partial charge is 0.390 e. The average molecular weight is 295 g/mol. The van der Waals surface area contributed by atoms with Crippen molar-refractivity contribution in [2.75, 3.05) is 16.7 Å². The van der Waals surface area contributed by atoms with Crippen LogP contribution in [0.3, 0.4) is 0 Å². The minimum Gasteiger partial charge on any atom is -0.390 e. The number of hydrogen-bond acceptors (Lipinski definition) is 2. The lowest BCUT2D eigenvalue weighted by molar-refractivity contribution is 0.854. The molecular weight excluding hydrogens is 281 g/mol. The van der Waals surface area contributed by atoms with Crippen LogP contribution in [0.1, 0.15) is 6.42 Å². The summed E-state index contributed by atoms with van der Waals surface area (Å²) in [6.07, 6.45) is 4.91. The molecule has 0 aliphatic carbocycles. The Hall–Kier alpha value is 0.140. The van der Waals surface area contributed by atoms with Crippen LogP contribution in [0.25, 0.3) is 0 Å². The SMILES string of the molecule is C=C=CCCN/C=C/SCCI. The lowest BCUT2D eigenvalue weighted by Gasteiger charge is -1.94. The minimum atomic E-state index is 0.962. The van der Waals surface area contributed by atoms with Gasteiger partial charge in [0.1, 0.15) is 0 Å². The molecule has 0 aliphatic rings. The van der Waals surface area contributed by atoms with Crippen molar-refractivity contribution in [3.05, 3.63) is 30.0 Å². The third-order valence-corrected chi connectivity index (χ3v) is 3.09. The van der Waals surface area contributed by atoms with Crippen LogP contribution in [0.15, 0.2) is 30.0 Å². The molecule has 0 bridgehead atoms. The molecule has 1 N–H and O–H groups in total. The van der Waals surface area contributed by atoms with Gasteiger partial charge in [-0.05, 0) is 17.9 Å². The smallest absolute Gasteiger partial charge is 0.0182 e. The first-order valence-electron chi connectivity index (χ1n) is 3.82. The quantitative estimate of drug-likeness (QED) is 0.335. The molecule has 3 heteroatoms. The fourth-order valence-electron chi connectivity index (χ4n) is 0.550. The van der Waals surface area contributed by atoms with Crippen LogP contribution in [0, 0.1) is 0 Å². The molecule has 0 spiro atoms. The minimum absolute atomic E-state index is 0.962. The predicted molar refractivity (Wildman–Crippen MR) is 66.8 cm³/mol. The van der Waals surface area contributed by atoms with Crippen LogP contribution >= 0.6 is 34.4 Å². The van der Waals surface area contributed by atoms with Gasteiger partial charge in [-0.25, -0.2) is 0 Å². The van der Waals surface area contributed by atoms with E-state index in [9.17, 15) is 0 Å². The molecule has 12 heavy (non-hydrogen) atoms. The Morgan fingerprint density at radius 3 is 3.08 bits per heavy atom. The molecule has 0 radical (unpaired) electrons. The van der Waals surface area contributed by atoms with Crippen molar-refractivity contribution in [1.29, 1.82) is 0 Å².